The highest BCUT2D eigenvalue weighted by Gasteiger charge is 2.28. The zero-order valence-electron chi connectivity index (χ0n) is 17.7. The predicted octanol–water partition coefficient (Wildman–Crippen LogP) is 3.15. The number of hydrogen-bond donors (Lipinski definition) is 3. The second-order valence-corrected chi connectivity index (χ2v) is 9.38. The molecule has 170 valence electrons. The van der Waals surface area contributed by atoms with Crippen LogP contribution >= 0.6 is 0 Å². The van der Waals surface area contributed by atoms with Gasteiger partial charge in [-0.25, -0.2) is 13.6 Å². The molecule has 1 aliphatic rings. The van der Waals surface area contributed by atoms with E-state index >= 15 is 0 Å². The van der Waals surface area contributed by atoms with E-state index < -0.39 is 21.8 Å². The van der Waals surface area contributed by atoms with Crippen molar-refractivity contribution in [1.82, 2.24) is 10.6 Å². The summed E-state index contributed by atoms with van der Waals surface area (Å²) < 4.78 is 28.7. The van der Waals surface area contributed by atoms with Gasteiger partial charge < -0.3 is 9.73 Å². The van der Waals surface area contributed by atoms with Crippen LogP contribution in [-0.2, 0) is 21.4 Å². The van der Waals surface area contributed by atoms with Gasteiger partial charge in [-0.15, -0.1) is 0 Å². The van der Waals surface area contributed by atoms with E-state index in [1.54, 1.807) is 30.3 Å². The average Bonchev–Trinajstić information content (AvgIpc) is 3.25. The minimum absolute atomic E-state index is 0.0202. The fourth-order valence-corrected chi connectivity index (χ4v) is 4.33. The number of primary sulfonamides is 1. The number of para-hydroxylation sites is 1. The van der Waals surface area contributed by atoms with Crippen LogP contribution in [0.2, 0.25) is 0 Å². The number of hydrogen-bond acceptors (Lipinski definition) is 6. The summed E-state index contributed by atoms with van der Waals surface area (Å²) in [6.07, 6.45) is 1.54. The monoisotopic (exact) mass is 473 g/mol. The summed E-state index contributed by atoms with van der Waals surface area (Å²) >= 11 is 0. The van der Waals surface area contributed by atoms with Crippen molar-refractivity contribution in [3.05, 3.63) is 95.7 Å². The second-order valence-electron chi connectivity index (χ2n) is 7.82. The summed E-state index contributed by atoms with van der Waals surface area (Å²) in [5.41, 5.74) is 3.44. The first-order valence-corrected chi connectivity index (χ1v) is 11.9. The number of furan rings is 1. The van der Waals surface area contributed by atoms with E-state index in [9.17, 15) is 18.0 Å². The first-order valence-electron chi connectivity index (χ1n) is 10.3. The molecule has 0 bridgehead atoms. The highest BCUT2D eigenvalue weighted by Crippen LogP contribution is 2.32. The van der Waals surface area contributed by atoms with Gasteiger partial charge in [-0.05, 0) is 42.0 Å². The quantitative estimate of drug-likeness (QED) is 0.301. The highest BCUT2D eigenvalue weighted by atomic mass is 32.2. The van der Waals surface area contributed by atoms with Crippen molar-refractivity contribution < 1.29 is 22.4 Å². The Hall–Kier alpha value is -4.21. The lowest BCUT2D eigenvalue weighted by Gasteiger charge is -2.19. The summed E-state index contributed by atoms with van der Waals surface area (Å²) in [5.74, 6) is -0.354. The maximum absolute atomic E-state index is 12.6. The van der Waals surface area contributed by atoms with Crippen molar-refractivity contribution in [2.24, 2.45) is 5.14 Å². The Morgan fingerprint density at radius 3 is 2.41 bits per heavy atom. The molecule has 34 heavy (non-hydrogen) atoms. The molecule has 5 rings (SSSR count). The Morgan fingerprint density at radius 1 is 0.912 bits per heavy atom. The molecule has 0 atom stereocenters. The predicted molar refractivity (Wildman–Crippen MR) is 127 cm³/mol. The lowest BCUT2D eigenvalue weighted by molar-refractivity contribution is -0.114. The van der Waals surface area contributed by atoms with Crippen LogP contribution in [0.5, 0.6) is 0 Å². The van der Waals surface area contributed by atoms with Crippen LogP contribution in [0.25, 0.3) is 27.9 Å². The Bertz CT molecular complexity index is 1550. The highest BCUT2D eigenvalue weighted by molar-refractivity contribution is 7.89. The van der Waals surface area contributed by atoms with E-state index in [1.807, 2.05) is 30.3 Å². The number of benzene rings is 3. The standard InChI is InChI=1S/C25H19N3O5S/c26-34(31,32)18-8-5-15(6-9-18)13-27-14-21-20-11-17(7-10-19(20)24(29)28-25(21)30)23-12-16-3-1-2-4-22(16)33-23/h1-12,14,27H,13H2,(H2,26,31,32)(H,28,29,30). The molecule has 3 aromatic carbocycles. The third kappa shape index (κ3) is 4.09. The Morgan fingerprint density at radius 2 is 1.68 bits per heavy atom. The third-order valence-electron chi connectivity index (χ3n) is 5.54. The van der Waals surface area contributed by atoms with Gasteiger partial charge in [0.2, 0.25) is 10.0 Å². The van der Waals surface area contributed by atoms with E-state index in [2.05, 4.69) is 10.6 Å². The summed E-state index contributed by atoms with van der Waals surface area (Å²) in [7, 11) is -3.76. The Balaban J connectivity index is 1.45. The van der Waals surface area contributed by atoms with Crippen molar-refractivity contribution in [3.63, 3.8) is 0 Å². The molecule has 0 saturated carbocycles. The number of carbonyl (C=O) groups is 2. The van der Waals surface area contributed by atoms with Crippen LogP contribution in [-0.4, -0.2) is 20.2 Å². The maximum atomic E-state index is 12.6. The molecule has 1 aromatic heterocycles. The fraction of sp³-hybridized carbons (Fsp3) is 0.0400. The lowest BCUT2D eigenvalue weighted by atomic mass is 9.93. The van der Waals surface area contributed by atoms with Gasteiger partial charge in [0.25, 0.3) is 11.8 Å². The molecule has 2 amide bonds. The normalized spacial score (nSPS) is 14.8. The number of sulfonamides is 1. The van der Waals surface area contributed by atoms with Gasteiger partial charge in [-0.1, -0.05) is 36.4 Å². The molecule has 0 unspecified atom stereocenters. The van der Waals surface area contributed by atoms with E-state index in [4.69, 9.17) is 9.56 Å². The van der Waals surface area contributed by atoms with Crippen molar-refractivity contribution in [2.75, 3.05) is 0 Å². The van der Waals surface area contributed by atoms with E-state index in [-0.39, 0.29) is 4.90 Å². The number of imide groups is 1. The van der Waals surface area contributed by atoms with Gasteiger partial charge in [-0.3, -0.25) is 14.9 Å². The van der Waals surface area contributed by atoms with Crippen molar-refractivity contribution in [1.29, 1.82) is 0 Å². The smallest absolute Gasteiger partial charge is 0.260 e. The number of fused-ring (bicyclic) bond motifs is 2. The number of nitrogens with one attached hydrogen (secondary N) is 2. The zero-order chi connectivity index (χ0) is 23.9. The topological polar surface area (TPSA) is 132 Å². The SMILES string of the molecule is NS(=O)(=O)c1ccc(CNC=C2C(=O)NC(=O)c3ccc(-c4cc5ccccc5o4)cc32)cc1. The Labute approximate surface area is 195 Å². The molecule has 0 fully saturated rings. The first-order chi connectivity index (χ1) is 16.3. The number of nitrogens with two attached hydrogens (primary N) is 1. The molecule has 1 aliphatic heterocycles. The van der Waals surface area contributed by atoms with Gasteiger partial charge in [-0.2, -0.15) is 0 Å². The maximum Gasteiger partial charge on any atom is 0.260 e. The van der Waals surface area contributed by atoms with Crippen LogP contribution in [0.15, 0.2) is 88.3 Å². The summed E-state index contributed by atoms with van der Waals surface area (Å²) in [4.78, 5) is 25.0. The average molecular weight is 474 g/mol. The van der Waals surface area contributed by atoms with Gasteiger partial charge >= 0.3 is 0 Å². The molecular weight excluding hydrogens is 454 g/mol. The molecule has 4 N–H and O–H groups in total. The van der Waals surface area contributed by atoms with Crippen LogP contribution in [0.3, 0.4) is 0 Å². The van der Waals surface area contributed by atoms with Crippen molar-refractivity contribution in [2.45, 2.75) is 11.4 Å². The molecule has 8 nitrogen and oxygen atoms in total. The second kappa shape index (κ2) is 8.29. The molecule has 9 heteroatoms. The van der Waals surface area contributed by atoms with Gasteiger partial charge in [0, 0.05) is 34.8 Å². The number of amides is 2. The molecule has 0 aliphatic carbocycles. The largest absolute Gasteiger partial charge is 0.456 e. The summed E-state index contributed by atoms with van der Waals surface area (Å²) in [6.45, 7) is 0.328. The zero-order valence-corrected chi connectivity index (χ0v) is 18.6. The number of rotatable bonds is 5. The van der Waals surface area contributed by atoms with Crippen LogP contribution in [0, 0.1) is 0 Å². The van der Waals surface area contributed by atoms with E-state index in [0.717, 1.165) is 22.1 Å². The molecular formula is C25H19N3O5S. The Kier molecular flexibility index (Phi) is 5.27. The lowest BCUT2D eigenvalue weighted by Crippen LogP contribution is -2.37. The van der Waals surface area contributed by atoms with Crippen LogP contribution < -0.4 is 15.8 Å². The molecule has 0 spiro atoms. The van der Waals surface area contributed by atoms with Crippen LogP contribution in [0.1, 0.15) is 21.5 Å². The van der Waals surface area contributed by atoms with Gasteiger partial charge in [0.1, 0.15) is 11.3 Å². The van der Waals surface area contributed by atoms with Gasteiger partial charge in [0.05, 0.1) is 10.5 Å². The molecule has 0 radical (unpaired) electrons. The van der Waals surface area contributed by atoms with Crippen molar-refractivity contribution in [3.8, 4) is 11.3 Å². The summed E-state index contributed by atoms with van der Waals surface area (Å²) in [6, 6.07) is 20.8. The fourth-order valence-electron chi connectivity index (χ4n) is 3.81. The summed E-state index contributed by atoms with van der Waals surface area (Å²) in [5, 5.41) is 11.5. The van der Waals surface area contributed by atoms with Gasteiger partial charge in [0.15, 0.2) is 0 Å². The molecule has 2 heterocycles. The van der Waals surface area contributed by atoms with Crippen molar-refractivity contribution >= 4 is 38.4 Å². The van der Waals surface area contributed by atoms with E-state index in [0.29, 0.717) is 29.0 Å². The molecule has 0 saturated heterocycles. The molecule has 4 aromatic rings. The number of carbonyl (C=O) groups excluding carboxylic acids is 2. The van der Waals surface area contributed by atoms with E-state index in [1.165, 1.54) is 18.3 Å². The first kappa shape index (κ1) is 21.6. The minimum Gasteiger partial charge on any atom is -0.456 e. The van der Waals surface area contributed by atoms with Crippen LogP contribution in [0.4, 0.5) is 0 Å². The third-order valence-corrected chi connectivity index (χ3v) is 6.47. The minimum atomic E-state index is -3.76.